The number of hydrogen-bond donors (Lipinski definition) is 2. The largest absolute Gasteiger partial charge is 0.459 e. The van der Waals surface area contributed by atoms with E-state index in [1.54, 1.807) is 27.7 Å². The van der Waals surface area contributed by atoms with Gasteiger partial charge in [-0.15, -0.1) is 0 Å². The van der Waals surface area contributed by atoms with Gasteiger partial charge in [-0.05, 0) is 11.5 Å². The zero-order valence-electron chi connectivity index (χ0n) is 13.9. The first-order valence-corrected chi connectivity index (χ1v) is 7.60. The van der Waals surface area contributed by atoms with Gasteiger partial charge in [-0.3, -0.25) is 4.79 Å². The first-order chi connectivity index (χ1) is 10.9. The standard InChI is InChI=1S/C17H24N2O4/c1-11(2)14(19-22)16(20)18-15(12(3)4)17(21)23-10-13-8-6-5-7-9-13/h5-9,11-12,15,22H,10H2,1-4H3,(H,18,20)/b19-14+/t15-/m0/s1. The van der Waals surface area contributed by atoms with Crippen LogP contribution in [-0.4, -0.2) is 28.8 Å². The molecule has 0 saturated heterocycles. The van der Waals surface area contributed by atoms with Crippen LogP contribution in [0.25, 0.3) is 0 Å². The van der Waals surface area contributed by atoms with Crippen molar-refractivity contribution < 1.29 is 19.5 Å². The molecule has 2 N–H and O–H groups in total. The topological polar surface area (TPSA) is 88.0 Å². The number of rotatable bonds is 7. The van der Waals surface area contributed by atoms with Gasteiger partial charge in [0.05, 0.1) is 0 Å². The van der Waals surface area contributed by atoms with Crippen LogP contribution < -0.4 is 5.32 Å². The van der Waals surface area contributed by atoms with Crippen molar-refractivity contribution in [1.82, 2.24) is 5.32 Å². The van der Waals surface area contributed by atoms with Gasteiger partial charge in [0.1, 0.15) is 18.4 Å². The molecule has 0 aliphatic rings. The lowest BCUT2D eigenvalue weighted by atomic mass is 10.0. The minimum absolute atomic E-state index is 0.0218. The molecular formula is C17H24N2O4. The maximum absolute atomic E-state index is 12.2. The van der Waals surface area contributed by atoms with Crippen LogP contribution in [0.3, 0.4) is 0 Å². The highest BCUT2D eigenvalue weighted by Gasteiger charge is 2.28. The van der Waals surface area contributed by atoms with Crippen molar-refractivity contribution in [3.05, 3.63) is 35.9 Å². The normalized spacial score (nSPS) is 13.0. The zero-order valence-corrected chi connectivity index (χ0v) is 13.9. The van der Waals surface area contributed by atoms with E-state index < -0.39 is 17.9 Å². The summed E-state index contributed by atoms with van der Waals surface area (Å²) in [5.74, 6) is -1.50. The van der Waals surface area contributed by atoms with Crippen LogP contribution >= 0.6 is 0 Å². The van der Waals surface area contributed by atoms with E-state index in [0.717, 1.165) is 5.56 Å². The van der Waals surface area contributed by atoms with Crippen LogP contribution in [0.4, 0.5) is 0 Å². The van der Waals surface area contributed by atoms with Crippen LogP contribution in [-0.2, 0) is 20.9 Å². The van der Waals surface area contributed by atoms with Gasteiger partial charge in [-0.2, -0.15) is 0 Å². The van der Waals surface area contributed by atoms with Crippen molar-refractivity contribution in [2.75, 3.05) is 0 Å². The number of carbonyl (C=O) groups excluding carboxylic acids is 2. The SMILES string of the molecule is CC(C)/C(=N\O)C(=O)N[C@H](C(=O)OCc1ccccc1)C(C)C. The Morgan fingerprint density at radius 3 is 2.26 bits per heavy atom. The Hall–Kier alpha value is -2.37. The molecule has 0 radical (unpaired) electrons. The third-order valence-electron chi connectivity index (χ3n) is 3.32. The van der Waals surface area contributed by atoms with E-state index in [2.05, 4.69) is 10.5 Å². The predicted octanol–water partition coefficient (Wildman–Crippen LogP) is 2.36. The van der Waals surface area contributed by atoms with Gasteiger partial charge in [0.15, 0.2) is 0 Å². The minimum atomic E-state index is -0.804. The van der Waals surface area contributed by atoms with Crippen LogP contribution in [0.1, 0.15) is 33.3 Å². The highest BCUT2D eigenvalue weighted by molar-refractivity contribution is 6.39. The Labute approximate surface area is 136 Å². The van der Waals surface area contributed by atoms with Crippen LogP contribution in [0.5, 0.6) is 0 Å². The molecule has 6 nitrogen and oxygen atoms in total. The zero-order chi connectivity index (χ0) is 17.4. The Bertz CT molecular complexity index is 553. The summed E-state index contributed by atoms with van der Waals surface area (Å²) in [6.07, 6.45) is 0. The predicted molar refractivity (Wildman–Crippen MR) is 87.1 cm³/mol. The number of amides is 1. The molecule has 0 saturated carbocycles. The number of benzene rings is 1. The first kappa shape index (κ1) is 18.7. The number of hydrogen-bond acceptors (Lipinski definition) is 5. The molecule has 0 unspecified atom stereocenters. The molecule has 0 aliphatic carbocycles. The third kappa shape index (κ3) is 5.73. The van der Waals surface area contributed by atoms with E-state index in [4.69, 9.17) is 9.94 Å². The van der Waals surface area contributed by atoms with Crippen molar-refractivity contribution in [1.29, 1.82) is 0 Å². The number of carbonyl (C=O) groups is 2. The Morgan fingerprint density at radius 1 is 1.17 bits per heavy atom. The molecule has 1 aromatic rings. The molecular weight excluding hydrogens is 296 g/mol. The van der Waals surface area contributed by atoms with Crippen LogP contribution in [0.15, 0.2) is 35.5 Å². The highest BCUT2D eigenvalue weighted by Crippen LogP contribution is 2.08. The van der Waals surface area contributed by atoms with Crippen LogP contribution in [0, 0.1) is 11.8 Å². The van der Waals surface area contributed by atoms with Gasteiger partial charge in [0.25, 0.3) is 5.91 Å². The summed E-state index contributed by atoms with van der Waals surface area (Å²) >= 11 is 0. The Balaban J connectivity index is 2.70. The molecule has 0 aliphatic heterocycles. The average Bonchev–Trinajstić information content (AvgIpc) is 2.51. The molecule has 1 rings (SSSR count). The fourth-order valence-corrected chi connectivity index (χ4v) is 1.95. The first-order valence-electron chi connectivity index (χ1n) is 7.60. The summed E-state index contributed by atoms with van der Waals surface area (Å²) in [4.78, 5) is 24.3. The second-order valence-corrected chi connectivity index (χ2v) is 5.93. The van der Waals surface area contributed by atoms with Crippen molar-refractivity contribution in [2.24, 2.45) is 17.0 Å². The summed E-state index contributed by atoms with van der Waals surface area (Å²) in [5.41, 5.74) is 0.848. The molecule has 1 atom stereocenters. The number of nitrogens with zero attached hydrogens (tertiary/aromatic N) is 1. The van der Waals surface area contributed by atoms with Crippen molar-refractivity contribution in [3.8, 4) is 0 Å². The lowest BCUT2D eigenvalue weighted by Gasteiger charge is -2.21. The molecule has 23 heavy (non-hydrogen) atoms. The number of esters is 1. The quantitative estimate of drug-likeness (QED) is 0.349. The lowest BCUT2D eigenvalue weighted by molar-refractivity contribution is -0.150. The van der Waals surface area contributed by atoms with E-state index in [0.29, 0.717) is 0 Å². The fraction of sp³-hybridized carbons (Fsp3) is 0.471. The van der Waals surface area contributed by atoms with Crippen LogP contribution in [0.2, 0.25) is 0 Å². The number of ether oxygens (including phenoxy) is 1. The van der Waals surface area contributed by atoms with Gasteiger partial charge >= 0.3 is 5.97 Å². The van der Waals surface area contributed by atoms with Crippen molar-refractivity contribution in [3.63, 3.8) is 0 Å². The molecule has 1 amide bonds. The molecule has 6 heteroatoms. The van der Waals surface area contributed by atoms with E-state index in [1.807, 2.05) is 30.3 Å². The molecule has 0 bridgehead atoms. The molecule has 1 aromatic carbocycles. The summed E-state index contributed by atoms with van der Waals surface area (Å²) in [6.45, 7) is 7.21. The van der Waals surface area contributed by atoms with Gasteiger partial charge in [0.2, 0.25) is 0 Å². The fourth-order valence-electron chi connectivity index (χ4n) is 1.95. The van der Waals surface area contributed by atoms with Gasteiger partial charge in [0, 0.05) is 5.92 Å². The molecule has 0 fully saturated rings. The summed E-state index contributed by atoms with van der Waals surface area (Å²) in [6, 6.07) is 8.50. The van der Waals surface area contributed by atoms with E-state index >= 15 is 0 Å². The second kappa shape index (κ2) is 8.92. The van der Waals surface area contributed by atoms with Crippen molar-refractivity contribution >= 4 is 17.6 Å². The summed E-state index contributed by atoms with van der Waals surface area (Å²) in [5, 5.41) is 14.5. The highest BCUT2D eigenvalue weighted by atomic mass is 16.5. The minimum Gasteiger partial charge on any atom is -0.459 e. The van der Waals surface area contributed by atoms with Gasteiger partial charge in [-0.1, -0.05) is 63.2 Å². The maximum atomic E-state index is 12.2. The number of oxime groups is 1. The Kier molecular flexibility index (Phi) is 7.25. The monoisotopic (exact) mass is 320 g/mol. The molecule has 0 aromatic heterocycles. The Morgan fingerprint density at radius 2 is 1.78 bits per heavy atom. The molecule has 126 valence electrons. The van der Waals surface area contributed by atoms with E-state index in [-0.39, 0.29) is 24.2 Å². The van der Waals surface area contributed by atoms with E-state index in [1.165, 1.54) is 0 Å². The third-order valence-corrected chi connectivity index (χ3v) is 3.32. The smallest absolute Gasteiger partial charge is 0.329 e. The lowest BCUT2D eigenvalue weighted by Crippen LogP contribution is -2.48. The van der Waals surface area contributed by atoms with Gasteiger partial charge in [-0.25, -0.2) is 4.79 Å². The second-order valence-electron chi connectivity index (χ2n) is 5.93. The van der Waals surface area contributed by atoms with Crippen molar-refractivity contribution in [2.45, 2.75) is 40.3 Å². The molecule has 0 heterocycles. The maximum Gasteiger partial charge on any atom is 0.329 e. The van der Waals surface area contributed by atoms with E-state index in [9.17, 15) is 9.59 Å². The number of nitrogens with one attached hydrogen (secondary N) is 1. The summed E-state index contributed by atoms with van der Waals surface area (Å²) in [7, 11) is 0. The summed E-state index contributed by atoms with van der Waals surface area (Å²) < 4.78 is 5.27. The molecule has 0 spiro atoms. The average molecular weight is 320 g/mol. The van der Waals surface area contributed by atoms with Gasteiger partial charge < -0.3 is 15.3 Å².